The largest absolute Gasteiger partial charge is 0.489 e. The molecule has 1 aromatic rings. The Bertz CT molecular complexity index is 422. The van der Waals surface area contributed by atoms with Gasteiger partial charge in [0.25, 0.3) is 5.91 Å². The molecule has 1 saturated heterocycles. The zero-order valence-electron chi connectivity index (χ0n) is 10.6. The maximum Gasteiger partial charge on any atom is 0.257 e. The van der Waals surface area contributed by atoms with Crippen LogP contribution in [0.3, 0.4) is 0 Å². The van der Waals surface area contributed by atoms with Crippen molar-refractivity contribution >= 4 is 5.91 Å². The molecule has 2 rings (SSSR count). The number of ether oxygens (including phenoxy) is 1. The fourth-order valence-electron chi connectivity index (χ4n) is 2.19. The van der Waals surface area contributed by atoms with Crippen molar-refractivity contribution in [1.29, 1.82) is 0 Å². The lowest BCUT2D eigenvalue weighted by Gasteiger charge is -2.27. The molecule has 1 amide bonds. The summed E-state index contributed by atoms with van der Waals surface area (Å²) in [6.45, 7) is 5.75. The molecule has 3 heteroatoms. The number of benzene rings is 1. The predicted octanol–water partition coefficient (Wildman–Crippen LogP) is 2.88. The lowest BCUT2D eigenvalue weighted by Crippen LogP contribution is -2.35. The van der Waals surface area contributed by atoms with Gasteiger partial charge in [0.1, 0.15) is 12.4 Å². The summed E-state index contributed by atoms with van der Waals surface area (Å²) >= 11 is 0. The Morgan fingerprint density at radius 2 is 2.00 bits per heavy atom. The van der Waals surface area contributed by atoms with Gasteiger partial charge in [0.15, 0.2) is 0 Å². The van der Waals surface area contributed by atoms with Crippen LogP contribution in [0.2, 0.25) is 0 Å². The molecule has 0 aromatic heterocycles. The second-order valence-electron chi connectivity index (χ2n) is 4.45. The van der Waals surface area contributed by atoms with Crippen LogP contribution in [0.4, 0.5) is 0 Å². The predicted molar refractivity (Wildman–Crippen MR) is 71.9 cm³/mol. The van der Waals surface area contributed by atoms with Crippen molar-refractivity contribution in [2.24, 2.45) is 0 Å². The van der Waals surface area contributed by atoms with Crippen LogP contribution in [0.15, 0.2) is 36.9 Å². The van der Waals surface area contributed by atoms with E-state index in [9.17, 15) is 4.79 Å². The first-order valence-corrected chi connectivity index (χ1v) is 6.45. The number of piperidine rings is 1. The Hall–Kier alpha value is -1.77. The highest BCUT2D eigenvalue weighted by atomic mass is 16.5. The van der Waals surface area contributed by atoms with Gasteiger partial charge in [0.2, 0.25) is 0 Å². The molecular weight excluding hydrogens is 226 g/mol. The standard InChI is InChI=1S/C15H19NO2/c1-2-12-18-14-9-5-4-8-13(14)15(17)16-10-6-3-7-11-16/h2,4-5,8-9H,1,3,6-7,10-12H2. The summed E-state index contributed by atoms with van der Waals surface area (Å²) < 4.78 is 5.53. The molecule has 0 aliphatic carbocycles. The topological polar surface area (TPSA) is 29.5 Å². The molecule has 1 aliphatic heterocycles. The molecule has 1 fully saturated rings. The van der Waals surface area contributed by atoms with Gasteiger partial charge in [-0.1, -0.05) is 24.8 Å². The Morgan fingerprint density at radius 1 is 1.28 bits per heavy atom. The average molecular weight is 245 g/mol. The van der Waals surface area contributed by atoms with Crippen LogP contribution in [0.25, 0.3) is 0 Å². The molecule has 0 radical (unpaired) electrons. The molecule has 1 heterocycles. The van der Waals surface area contributed by atoms with Gasteiger partial charge in [0, 0.05) is 13.1 Å². The minimum absolute atomic E-state index is 0.0781. The quantitative estimate of drug-likeness (QED) is 0.763. The van der Waals surface area contributed by atoms with Crippen molar-refractivity contribution in [2.45, 2.75) is 19.3 Å². The number of carbonyl (C=O) groups is 1. The SMILES string of the molecule is C=CCOc1ccccc1C(=O)N1CCCCC1. The van der Waals surface area contributed by atoms with Gasteiger partial charge < -0.3 is 9.64 Å². The summed E-state index contributed by atoms with van der Waals surface area (Å²) in [6.07, 6.45) is 5.10. The van der Waals surface area contributed by atoms with Gasteiger partial charge in [-0.05, 0) is 31.4 Å². The third kappa shape index (κ3) is 2.92. The van der Waals surface area contributed by atoms with Crippen molar-refractivity contribution in [3.63, 3.8) is 0 Å². The first kappa shape index (κ1) is 12.7. The van der Waals surface area contributed by atoms with Crippen LogP contribution < -0.4 is 4.74 Å². The number of nitrogens with zero attached hydrogens (tertiary/aromatic N) is 1. The minimum atomic E-state index is 0.0781. The summed E-state index contributed by atoms with van der Waals surface area (Å²) in [5, 5.41) is 0. The van der Waals surface area contributed by atoms with Gasteiger partial charge in [-0.3, -0.25) is 4.79 Å². The molecule has 0 saturated carbocycles. The van der Waals surface area contributed by atoms with Crippen molar-refractivity contribution < 1.29 is 9.53 Å². The molecule has 0 spiro atoms. The van der Waals surface area contributed by atoms with Gasteiger partial charge in [-0.2, -0.15) is 0 Å². The fraction of sp³-hybridized carbons (Fsp3) is 0.400. The number of para-hydroxylation sites is 1. The second-order valence-corrected chi connectivity index (χ2v) is 4.45. The van der Waals surface area contributed by atoms with E-state index in [1.165, 1.54) is 6.42 Å². The van der Waals surface area contributed by atoms with Gasteiger partial charge in [0.05, 0.1) is 5.56 Å². The van der Waals surface area contributed by atoms with Crippen LogP contribution in [-0.4, -0.2) is 30.5 Å². The van der Waals surface area contributed by atoms with Crippen molar-refractivity contribution in [3.8, 4) is 5.75 Å². The fourth-order valence-corrected chi connectivity index (χ4v) is 2.19. The van der Waals surface area contributed by atoms with Crippen LogP contribution in [0.5, 0.6) is 5.75 Å². The third-order valence-corrected chi connectivity index (χ3v) is 3.12. The van der Waals surface area contributed by atoms with E-state index in [1.54, 1.807) is 6.08 Å². The molecule has 0 bridgehead atoms. The average Bonchev–Trinajstić information content (AvgIpc) is 2.45. The maximum atomic E-state index is 12.4. The molecule has 1 aromatic carbocycles. The molecule has 1 aliphatic rings. The number of rotatable bonds is 4. The van der Waals surface area contributed by atoms with E-state index in [-0.39, 0.29) is 5.91 Å². The first-order chi connectivity index (χ1) is 8.83. The van der Waals surface area contributed by atoms with E-state index >= 15 is 0 Å². The Balaban J connectivity index is 2.15. The lowest BCUT2D eigenvalue weighted by atomic mass is 10.1. The van der Waals surface area contributed by atoms with Crippen molar-refractivity contribution in [2.75, 3.05) is 19.7 Å². The van der Waals surface area contributed by atoms with E-state index in [0.29, 0.717) is 17.9 Å². The van der Waals surface area contributed by atoms with Gasteiger partial charge >= 0.3 is 0 Å². The van der Waals surface area contributed by atoms with E-state index in [1.807, 2.05) is 29.2 Å². The smallest absolute Gasteiger partial charge is 0.257 e. The van der Waals surface area contributed by atoms with Gasteiger partial charge in [-0.25, -0.2) is 0 Å². The highest BCUT2D eigenvalue weighted by Gasteiger charge is 2.20. The number of hydrogen-bond donors (Lipinski definition) is 0. The van der Waals surface area contributed by atoms with Crippen LogP contribution >= 0.6 is 0 Å². The van der Waals surface area contributed by atoms with Crippen LogP contribution in [-0.2, 0) is 0 Å². The zero-order valence-corrected chi connectivity index (χ0v) is 10.6. The lowest BCUT2D eigenvalue weighted by molar-refractivity contribution is 0.0720. The van der Waals surface area contributed by atoms with E-state index in [2.05, 4.69) is 6.58 Å². The molecule has 18 heavy (non-hydrogen) atoms. The van der Waals surface area contributed by atoms with Gasteiger partial charge in [-0.15, -0.1) is 0 Å². The van der Waals surface area contributed by atoms with Crippen molar-refractivity contribution in [3.05, 3.63) is 42.5 Å². The van der Waals surface area contributed by atoms with Crippen molar-refractivity contribution in [1.82, 2.24) is 4.90 Å². The van der Waals surface area contributed by atoms with E-state index < -0.39 is 0 Å². The number of likely N-dealkylation sites (tertiary alicyclic amines) is 1. The Labute approximate surface area is 108 Å². The zero-order chi connectivity index (χ0) is 12.8. The summed E-state index contributed by atoms with van der Waals surface area (Å²) in [5.74, 6) is 0.724. The number of amides is 1. The first-order valence-electron chi connectivity index (χ1n) is 6.45. The van der Waals surface area contributed by atoms with E-state index in [4.69, 9.17) is 4.74 Å². The Morgan fingerprint density at radius 3 is 2.72 bits per heavy atom. The van der Waals surface area contributed by atoms with Crippen LogP contribution in [0.1, 0.15) is 29.6 Å². The minimum Gasteiger partial charge on any atom is -0.489 e. The molecule has 0 unspecified atom stereocenters. The second kappa shape index (κ2) is 6.24. The van der Waals surface area contributed by atoms with E-state index in [0.717, 1.165) is 25.9 Å². The summed E-state index contributed by atoms with van der Waals surface area (Å²) in [7, 11) is 0. The monoisotopic (exact) mass is 245 g/mol. The molecule has 96 valence electrons. The summed E-state index contributed by atoms with van der Waals surface area (Å²) in [6, 6.07) is 7.42. The highest BCUT2D eigenvalue weighted by molar-refractivity contribution is 5.97. The normalized spacial score (nSPS) is 15.2. The van der Waals surface area contributed by atoms with Crippen LogP contribution in [0, 0.1) is 0 Å². The number of hydrogen-bond acceptors (Lipinski definition) is 2. The molecule has 3 nitrogen and oxygen atoms in total. The third-order valence-electron chi connectivity index (χ3n) is 3.12. The molecule has 0 N–H and O–H groups in total. The Kier molecular flexibility index (Phi) is 4.40. The maximum absolute atomic E-state index is 12.4. The summed E-state index contributed by atoms with van der Waals surface area (Å²) in [5.41, 5.74) is 0.654. The molecular formula is C15H19NO2. The summed E-state index contributed by atoms with van der Waals surface area (Å²) in [4.78, 5) is 14.3. The number of carbonyl (C=O) groups excluding carboxylic acids is 1. The highest BCUT2D eigenvalue weighted by Crippen LogP contribution is 2.21. The molecule has 0 atom stereocenters.